The summed E-state index contributed by atoms with van der Waals surface area (Å²) in [6.45, 7) is 4.58. The third kappa shape index (κ3) is 3.53. The second-order valence-electron chi connectivity index (χ2n) is 5.36. The number of hydrogen-bond donors (Lipinski definition) is 0. The molecular formula is C13H17ClF3N3. The first-order valence-corrected chi connectivity index (χ1v) is 7.01. The highest BCUT2D eigenvalue weighted by atomic mass is 35.5. The number of alkyl halides is 3. The second kappa shape index (κ2) is 5.76. The number of aromatic nitrogens is 2. The van der Waals surface area contributed by atoms with Gasteiger partial charge in [-0.2, -0.15) is 13.2 Å². The summed E-state index contributed by atoms with van der Waals surface area (Å²) in [5, 5.41) is 0.330. The van der Waals surface area contributed by atoms with E-state index in [0.29, 0.717) is 29.9 Å². The zero-order valence-electron chi connectivity index (χ0n) is 11.4. The van der Waals surface area contributed by atoms with Gasteiger partial charge in [0, 0.05) is 25.1 Å². The molecule has 112 valence electrons. The molecule has 1 aromatic rings. The Balaban J connectivity index is 2.11. The van der Waals surface area contributed by atoms with Gasteiger partial charge in [0.15, 0.2) is 0 Å². The van der Waals surface area contributed by atoms with Crippen molar-refractivity contribution in [3.05, 3.63) is 17.0 Å². The van der Waals surface area contributed by atoms with Crippen molar-refractivity contribution in [1.82, 2.24) is 9.97 Å². The highest BCUT2D eigenvalue weighted by Crippen LogP contribution is 2.35. The monoisotopic (exact) mass is 307 g/mol. The maximum absolute atomic E-state index is 12.6. The van der Waals surface area contributed by atoms with E-state index in [1.165, 1.54) is 0 Å². The van der Waals surface area contributed by atoms with E-state index in [2.05, 4.69) is 9.97 Å². The van der Waals surface area contributed by atoms with Gasteiger partial charge in [-0.25, -0.2) is 9.97 Å². The van der Waals surface area contributed by atoms with Crippen LogP contribution in [0.4, 0.5) is 19.0 Å². The van der Waals surface area contributed by atoms with Gasteiger partial charge in [-0.15, -0.1) is 0 Å². The zero-order valence-corrected chi connectivity index (χ0v) is 12.2. The Morgan fingerprint density at radius 1 is 1.25 bits per heavy atom. The lowest BCUT2D eigenvalue weighted by molar-refractivity contribution is -0.179. The topological polar surface area (TPSA) is 29.0 Å². The Kier molecular flexibility index (Phi) is 4.42. The number of hydrogen-bond acceptors (Lipinski definition) is 3. The Labute approximate surface area is 121 Å². The summed E-state index contributed by atoms with van der Waals surface area (Å²) in [5.74, 6) is 0.153. The van der Waals surface area contributed by atoms with Gasteiger partial charge >= 0.3 is 6.18 Å². The first-order valence-electron chi connectivity index (χ1n) is 6.63. The van der Waals surface area contributed by atoms with Gasteiger partial charge in [-0.05, 0) is 12.8 Å². The van der Waals surface area contributed by atoms with Crippen LogP contribution in [0.3, 0.4) is 0 Å². The van der Waals surface area contributed by atoms with E-state index >= 15 is 0 Å². The molecule has 0 aromatic carbocycles. The van der Waals surface area contributed by atoms with Gasteiger partial charge in [0.05, 0.1) is 5.92 Å². The molecule has 0 unspecified atom stereocenters. The molecule has 2 heterocycles. The maximum atomic E-state index is 12.6. The lowest BCUT2D eigenvalue weighted by atomic mass is 9.96. The fraction of sp³-hybridized carbons (Fsp3) is 0.692. The summed E-state index contributed by atoms with van der Waals surface area (Å²) in [5.41, 5.74) is 0. The number of nitrogens with zero attached hydrogens (tertiary/aromatic N) is 3. The van der Waals surface area contributed by atoms with Crippen LogP contribution < -0.4 is 4.90 Å². The maximum Gasteiger partial charge on any atom is 0.391 e. The molecule has 0 atom stereocenters. The number of piperidine rings is 1. The minimum atomic E-state index is -4.10. The molecular weight excluding hydrogens is 291 g/mol. The van der Waals surface area contributed by atoms with Gasteiger partial charge in [0.1, 0.15) is 16.8 Å². The smallest absolute Gasteiger partial charge is 0.356 e. The van der Waals surface area contributed by atoms with Crippen molar-refractivity contribution in [3.8, 4) is 0 Å². The van der Waals surface area contributed by atoms with Gasteiger partial charge < -0.3 is 4.90 Å². The predicted octanol–water partition coefficient (Wildman–Crippen LogP) is 4.03. The molecule has 2 rings (SSSR count). The predicted molar refractivity (Wildman–Crippen MR) is 72.1 cm³/mol. The summed E-state index contributed by atoms with van der Waals surface area (Å²) in [6, 6.07) is 1.61. The first-order chi connectivity index (χ1) is 9.27. The largest absolute Gasteiger partial charge is 0.391 e. The Morgan fingerprint density at radius 2 is 1.85 bits per heavy atom. The number of anilines is 1. The summed E-state index contributed by atoms with van der Waals surface area (Å²) in [4.78, 5) is 10.4. The minimum Gasteiger partial charge on any atom is -0.356 e. The van der Waals surface area contributed by atoms with Gasteiger partial charge in [-0.1, -0.05) is 25.4 Å². The fourth-order valence-corrected chi connectivity index (χ4v) is 2.46. The quantitative estimate of drug-likeness (QED) is 0.772. The average Bonchev–Trinajstić information content (AvgIpc) is 2.37. The fourth-order valence-electron chi connectivity index (χ4n) is 2.28. The van der Waals surface area contributed by atoms with E-state index in [-0.39, 0.29) is 18.8 Å². The normalized spacial score (nSPS) is 17.9. The van der Waals surface area contributed by atoms with Crippen LogP contribution in [0.1, 0.15) is 38.4 Å². The molecule has 20 heavy (non-hydrogen) atoms. The molecule has 1 aliphatic heterocycles. The molecule has 0 spiro atoms. The molecule has 1 saturated heterocycles. The van der Waals surface area contributed by atoms with Crippen LogP contribution in [-0.2, 0) is 0 Å². The Hall–Kier alpha value is -1.04. The highest BCUT2D eigenvalue weighted by Gasteiger charge is 2.41. The lowest BCUT2D eigenvalue weighted by Gasteiger charge is -2.33. The van der Waals surface area contributed by atoms with Crippen molar-refractivity contribution in [1.29, 1.82) is 0 Å². The molecule has 0 aliphatic carbocycles. The van der Waals surface area contributed by atoms with Crippen molar-refractivity contribution in [2.45, 2.75) is 38.8 Å². The molecule has 7 heteroatoms. The van der Waals surface area contributed by atoms with Crippen LogP contribution in [0.25, 0.3) is 0 Å². The lowest BCUT2D eigenvalue weighted by Crippen LogP contribution is -2.39. The minimum absolute atomic E-state index is 0.0993. The third-order valence-electron chi connectivity index (χ3n) is 3.50. The number of rotatable bonds is 2. The van der Waals surface area contributed by atoms with Crippen LogP contribution in [-0.4, -0.2) is 29.2 Å². The van der Waals surface area contributed by atoms with Crippen LogP contribution in [0.2, 0.25) is 5.15 Å². The van der Waals surface area contributed by atoms with Crippen LogP contribution >= 0.6 is 11.6 Å². The molecule has 1 aliphatic rings. The van der Waals surface area contributed by atoms with Crippen molar-refractivity contribution in [2.24, 2.45) is 5.92 Å². The van der Waals surface area contributed by atoms with Crippen LogP contribution in [0, 0.1) is 5.92 Å². The summed E-state index contributed by atoms with van der Waals surface area (Å²) < 4.78 is 37.9. The van der Waals surface area contributed by atoms with Crippen molar-refractivity contribution in [3.63, 3.8) is 0 Å². The number of halogens is 4. The Morgan fingerprint density at radius 3 is 2.35 bits per heavy atom. The summed E-state index contributed by atoms with van der Waals surface area (Å²) in [6.07, 6.45) is -3.90. The van der Waals surface area contributed by atoms with E-state index < -0.39 is 12.1 Å². The van der Waals surface area contributed by atoms with Crippen molar-refractivity contribution < 1.29 is 13.2 Å². The van der Waals surface area contributed by atoms with Crippen LogP contribution in [0.15, 0.2) is 6.07 Å². The molecule has 0 saturated carbocycles. The molecule has 0 radical (unpaired) electrons. The molecule has 1 aromatic heterocycles. The molecule has 0 bridgehead atoms. The standard InChI is InChI=1S/C13H17ClF3N3/c1-8(2)12-18-10(14)7-11(19-12)20-5-3-9(4-6-20)13(15,16)17/h7-9H,3-6H2,1-2H3. The highest BCUT2D eigenvalue weighted by molar-refractivity contribution is 6.29. The first kappa shape index (κ1) is 15.4. The SMILES string of the molecule is CC(C)c1nc(Cl)cc(N2CCC(C(F)(F)F)CC2)n1. The van der Waals surface area contributed by atoms with Gasteiger partial charge in [-0.3, -0.25) is 0 Å². The van der Waals surface area contributed by atoms with E-state index in [1.54, 1.807) is 6.07 Å². The molecule has 0 N–H and O–H groups in total. The summed E-state index contributed by atoms with van der Waals surface area (Å²) >= 11 is 5.96. The van der Waals surface area contributed by atoms with Crippen LogP contribution in [0.5, 0.6) is 0 Å². The second-order valence-corrected chi connectivity index (χ2v) is 5.75. The van der Waals surface area contributed by atoms with Crippen molar-refractivity contribution in [2.75, 3.05) is 18.0 Å². The van der Waals surface area contributed by atoms with Crippen molar-refractivity contribution >= 4 is 17.4 Å². The Bertz CT molecular complexity index is 468. The molecule has 0 amide bonds. The van der Waals surface area contributed by atoms with Gasteiger partial charge in [0.25, 0.3) is 0 Å². The zero-order chi connectivity index (χ0) is 14.9. The average molecular weight is 308 g/mol. The summed E-state index contributed by atoms with van der Waals surface area (Å²) in [7, 11) is 0. The molecule has 1 fully saturated rings. The van der Waals surface area contributed by atoms with E-state index in [9.17, 15) is 13.2 Å². The molecule has 3 nitrogen and oxygen atoms in total. The van der Waals surface area contributed by atoms with E-state index in [1.807, 2.05) is 18.7 Å². The third-order valence-corrected chi connectivity index (χ3v) is 3.69. The van der Waals surface area contributed by atoms with Gasteiger partial charge in [0.2, 0.25) is 0 Å². The van der Waals surface area contributed by atoms with E-state index in [0.717, 1.165) is 0 Å². The van der Waals surface area contributed by atoms with E-state index in [4.69, 9.17) is 11.6 Å².